The first-order chi connectivity index (χ1) is 12.7. The predicted molar refractivity (Wildman–Crippen MR) is 101 cm³/mol. The van der Waals surface area contributed by atoms with Crippen LogP contribution >= 0.6 is 0 Å². The normalized spacial score (nSPS) is 12.3. The van der Waals surface area contributed by atoms with Gasteiger partial charge in [0.2, 0.25) is 15.9 Å². The molecule has 0 aliphatic rings. The Kier molecular flexibility index (Phi) is 4.81. The number of H-pyrrole nitrogens is 1. The number of rotatable bonds is 4. The average Bonchev–Trinajstić information content (AvgIpc) is 2.96. The van der Waals surface area contributed by atoms with Crippen molar-refractivity contribution in [1.82, 2.24) is 9.29 Å². The van der Waals surface area contributed by atoms with Gasteiger partial charge in [-0.15, -0.1) is 10.2 Å². The van der Waals surface area contributed by atoms with Crippen LogP contribution in [-0.2, 0) is 10.0 Å². The van der Waals surface area contributed by atoms with Crippen molar-refractivity contribution >= 4 is 32.5 Å². The van der Waals surface area contributed by atoms with Gasteiger partial charge in [-0.25, -0.2) is 12.7 Å². The van der Waals surface area contributed by atoms with Gasteiger partial charge in [-0.1, -0.05) is 24.3 Å². The van der Waals surface area contributed by atoms with E-state index in [1.165, 1.54) is 38.4 Å². The van der Waals surface area contributed by atoms with Crippen LogP contribution in [0.2, 0.25) is 0 Å². The minimum Gasteiger partial charge on any atom is -0.493 e. The molecule has 0 aliphatic heterocycles. The largest absolute Gasteiger partial charge is 0.493 e. The molecule has 1 heterocycles. The van der Waals surface area contributed by atoms with Crippen LogP contribution in [0.4, 0.5) is 5.69 Å². The summed E-state index contributed by atoms with van der Waals surface area (Å²) >= 11 is 0. The fourth-order valence-corrected chi connectivity index (χ4v) is 3.54. The summed E-state index contributed by atoms with van der Waals surface area (Å²) in [6, 6.07) is 11.0. The first kappa shape index (κ1) is 18.7. The summed E-state index contributed by atoms with van der Waals surface area (Å²) in [5, 5.41) is 18.2. The standard InChI is InChI=1S/C18H18N4O4S/c1-11-6-4-9-14-15(11)19-18(24)16(14)20-21-17(23)12-7-5-8-13(10-12)27(25,26)22(2)3/h4-10,19,24H,1-3H3. The lowest BCUT2D eigenvalue weighted by Crippen LogP contribution is -2.22. The number of fused-ring (bicyclic) bond motifs is 1. The Balaban J connectivity index is 1.95. The van der Waals surface area contributed by atoms with Gasteiger partial charge in [0.1, 0.15) is 0 Å². The van der Waals surface area contributed by atoms with E-state index >= 15 is 0 Å². The Morgan fingerprint density at radius 1 is 1.15 bits per heavy atom. The summed E-state index contributed by atoms with van der Waals surface area (Å²) in [6.07, 6.45) is 0. The average molecular weight is 386 g/mol. The zero-order chi connectivity index (χ0) is 19.8. The Bertz CT molecular complexity index is 1160. The number of carbonyl (C=O) groups excluding carboxylic acids is 1. The van der Waals surface area contributed by atoms with Gasteiger partial charge in [-0.3, -0.25) is 4.79 Å². The molecule has 9 heteroatoms. The van der Waals surface area contributed by atoms with E-state index in [4.69, 9.17) is 0 Å². The van der Waals surface area contributed by atoms with E-state index < -0.39 is 15.9 Å². The number of aryl methyl sites for hydroxylation is 1. The van der Waals surface area contributed by atoms with E-state index in [0.717, 1.165) is 9.87 Å². The first-order valence-corrected chi connectivity index (χ1v) is 9.44. The Morgan fingerprint density at radius 2 is 1.85 bits per heavy atom. The van der Waals surface area contributed by atoms with Crippen molar-refractivity contribution in [1.29, 1.82) is 0 Å². The minimum absolute atomic E-state index is 0.0147. The van der Waals surface area contributed by atoms with E-state index in [-0.39, 0.29) is 22.0 Å². The van der Waals surface area contributed by atoms with Gasteiger partial charge in [0.15, 0.2) is 5.69 Å². The van der Waals surface area contributed by atoms with E-state index in [1.807, 2.05) is 13.0 Å². The molecule has 3 rings (SSSR count). The van der Waals surface area contributed by atoms with Crippen LogP contribution in [0.3, 0.4) is 0 Å². The number of nitrogens with one attached hydrogen (secondary N) is 1. The van der Waals surface area contributed by atoms with Crippen LogP contribution in [0.5, 0.6) is 5.88 Å². The molecule has 0 fully saturated rings. The molecule has 0 spiro atoms. The highest BCUT2D eigenvalue weighted by atomic mass is 32.2. The highest BCUT2D eigenvalue weighted by molar-refractivity contribution is 7.89. The van der Waals surface area contributed by atoms with Crippen molar-refractivity contribution in [2.24, 2.45) is 10.2 Å². The van der Waals surface area contributed by atoms with Crippen molar-refractivity contribution in [2.75, 3.05) is 14.1 Å². The first-order valence-electron chi connectivity index (χ1n) is 8.00. The Hall–Kier alpha value is -3.04. The second-order valence-electron chi connectivity index (χ2n) is 6.14. The van der Waals surface area contributed by atoms with Gasteiger partial charge < -0.3 is 10.1 Å². The van der Waals surface area contributed by atoms with Crippen LogP contribution in [0, 0.1) is 6.92 Å². The zero-order valence-corrected chi connectivity index (χ0v) is 15.8. The van der Waals surface area contributed by atoms with Crippen LogP contribution in [0.25, 0.3) is 10.9 Å². The maximum Gasteiger partial charge on any atom is 0.295 e. The molecule has 0 saturated carbocycles. The van der Waals surface area contributed by atoms with Crippen LogP contribution in [0.1, 0.15) is 15.9 Å². The molecule has 140 valence electrons. The maximum atomic E-state index is 12.3. The van der Waals surface area contributed by atoms with Gasteiger partial charge in [0.25, 0.3) is 5.91 Å². The lowest BCUT2D eigenvalue weighted by Gasteiger charge is -2.11. The van der Waals surface area contributed by atoms with Crippen molar-refractivity contribution < 1.29 is 18.3 Å². The molecule has 8 nitrogen and oxygen atoms in total. The smallest absolute Gasteiger partial charge is 0.295 e. The highest BCUT2D eigenvalue weighted by Crippen LogP contribution is 2.36. The molecular weight excluding hydrogens is 368 g/mol. The van der Waals surface area contributed by atoms with Crippen LogP contribution < -0.4 is 0 Å². The van der Waals surface area contributed by atoms with E-state index in [1.54, 1.807) is 12.1 Å². The Morgan fingerprint density at radius 3 is 2.56 bits per heavy atom. The van der Waals surface area contributed by atoms with Crippen molar-refractivity contribution in [3.63, 3.8) is 0 Å². The van der Waals surface area contributed by atoms with Crippen molar-refractivity contribution in [2.45, 2.75) is 11.8 Å². The van der Waals surface area contributed by atoms with Gasteiger partial charge >= 0.3 is 0 Å². The monoisotopic (exact) mass is 386 g/mol. The number of aromatic amines is 1. The molecular formula is C18H18N4O4S. The number of azo groups is 1. The second kappa shape index (κ2) is 6.93. The SMILES string of the molecule is Cc1cccc2c(N=NC(=O)c3cccc(S(=O)(=O)N(C)C)c3)c(O)[nH]c12. The molecule has 0 unspecified atom stereocenters. The molecule has 3 aromatic rings. The lowest BCUT2D eigenvalue weighted by molar-refractivity contribution is 0.0995. The number of sulfonamides is 1. The van der Waals surface area contributed by atoms with Gasteiger partial charge in [0, 0.05) is 25.0 Å². The molecule has 0 saturated heterocycles. The molecule has 1 amide bonds. The Labute approximate surface area is 156 Å². The molecule has 0 bridgehead atoms. The van der Waals surface area contributed by atoms with Crippen LogP contribution in [-0.4, -0.2) is 42.8 Å². The fraction of sp³-hybridized carbons (Fsp3) is 0.167. The summed E-state index contributed by atoms with van der Waals surface area (Å²) in [7, 11) is -0.851. The topological polar surface area (TPSA) is 115 Å². The second-order valence-corrected chi connectivity index (χ2v) is 8.29. The van der Waals surface area contributed by atoms with Gasteiger partial charge in [0.05, 0.1) is 10.4 Å². The molecule has 2 aromatic carbocycles. The summed E-state index contributed by atoms with van der Waals surface area (Å²) in [4.78, 5) is 15.1. The molecule has 1 aromatic heterocycles. The third-order valence-corrected chi connectivity index (χ3v) is 5.91. The number of aromatic nitrogens is 1. The van der Waals surface area contributed by atoms with E-state index in [2.05, 4.69) is 15.2 Å². The predicted octanol–water partition coefficient (Wildman–Crippen LogP) is 3.36. The quantitative estimate of drug-likeness (QED) is 0.669. The number of nitrogens with zero attached hydrogens (tertiary/aromatic N) is 3. The summed E-state index contributed by atoms with van der Waals surface area (Å²) in [5.41, 5.74) is 1.85. The molecule has 0 aliphatic carbocycles. The van der Waals surface area contributed by atoms with Crippen molar-refractivity contribution in [3.8, 4) is 5.88 Å². The zero-order valence-electron chi connectivity index (χ0n) is 15.0. The van der Waals surface area contributed by atoms with Crippen molar-refractivity contribution in [3.05, 3.63) is 53.6 Å². The van der Waals surface area contributed by atoms with Gasteiger partial charge in [-0.05, 0) is 30.7 Å². The number of para-hydroxylation sites is 1. The maximum absolute atomic E-state index is 12.3. The summed E-state index contributed by atoms with van der Waals surface area (Å²) in [6.45, 7) is 1.88. The fourth-order valence-electron chi connectivity index (χ4n) is 2.59. The van der Waals surface area contributed by atoms with E-state index in [0.29, 0.717) is 10.9 Å². The molecule has 0 atom stereocenters. The number of amides is 1. The van der Waals surface area contributed by atoms with E-state index in [9.17, 15) is 18.3 Å². The number of aromatic hydroxyl groups is 1. The summed E-state index contributed by atoms with van der Waals surface area (Å²) < 4.78 is 25.5. The van der Waals surface area contributed by atoms with Crippen LogP contribution in [0.15, 0.2) is 57.6 Å². The van der Waals surface area contributed by atoms with Gasteiger partial charge in [-0.2, -0.15) is 0 Å². The lowest BCUT2D eigenvalue weighted by atomic mass is 10.1. The molecule has 27 heavy (non-hydrogen) atoms. The number of hydrogen-bond acceptors (Lipinski definition) is 5. The molecule has 2 N–H and O–H groups in total. The number of hydrogen-bond donors (Lipinski definition) is 2. The number of benzene rings is 2. The third-order valence-electron chi connectivity index (χ3n) is 4.10. The number of carbonyl (C=O) groups is 1. The summed E-state index contributed by atoms with van der Waals surface area (Å²) in [5.74, 6) is -0.910. The highest BCUT2D eigenvalue weighted by Gasteiger charge is 2.19. The molecule has 0 radical (unpaired) electrons. The minimum atomic E-state index is -3.67. The third kappa shape index (κ3) is 3.46.